The van der Waals surface area contributed by atoms with Gasteiger partial charge in [0.1, 0.15) is 5.75 Å². The van der Waals surface area contributed by atoms with Gasteiger partial charge < -0.3 is 14.2 Å². The largest absolute Gasteiger partial charge is 0.493 e. The van der Waals surface area contributed by atoms with Crippen molar-refractivity contribution in [3.05, 3.63) is 84.5 Å². The molecule has 2 atom stereocenters. The lowest BCUT2D eigenvalue weighted by atomic mass is 9.92. The summed E-state index contributed by atoms with van der Waals surface area (Å²) in [6.07, 6.45) is 16.3. The van der Waals surface area contributed by atoms with Crippen LogP contribution in [0.4, 0.5) is 8.78 Å². The molecule has 0 bridgehead atoms. The van der Waals surface area contributed by atoms with E-state index in [1.165, 1.54) is 0 Å². The molecule has 204 valence electrons. The minimum atomic E-state index is -3.01. The van der Waals surface area contributed by atoms with E-state index in [0.717, 1.165) is 43.7 Å². The van der Waals surface area contributed by atoms with Crippen LogP contribution in [-0.4, -0.2) is 25.6 Å². The van der Waals surface area contributed by atoms with Crippen LogP contribution in [0, 0.1) is 11.8 Å². The zero-order valence-corrected chi connectivity index (χ0v) is 22.3. The number of hydrogen-bond acceptors (Lipinski definition) is 4. The highest BCUT2D eigenvalue weighted by atomic mass is 19.3. The molecule has 0 aromatic heterocycles. The third-order valence-electron chi connectivity index (χ3n) is 6.61. The molecule has 6 heteroatoms. The van der Waals surface area contributed by atoms with Crippen LogP contribution in [0.25, 0.3) is 6.08 Å². The number of esters is 1. The van der Waals surface area contributed by atoms with Crippen molar-refractivity contribution in [2.75, 3.05) is 13.7 Å². The van der Waals surface area contributed by atoms with E-state index in [0.29, 0.717) is 36.0 Å². The van der Waals surface area contributed by atoms with Gasteiger partial charge in [0.15, 0.2) is 18.1 Å². The average Bonchev–Trinajstić information content (AvgIpc) is 3.37. The van der Waals surface area contributed by atoms with Crippen LogP contribution in [0.2, 0.25) is 0 Å². The van der Waals surface area contributed by atoms with Crippen LogP contribution in [0.1, 0.15) is 57.4 Å². The summed E-state index contributed by atoms with van der Waals surface area (Å²) in [7, 11) is 1.55. The number of methoxy groups -OCH3 is 1. The first-order valence-electron chi connectivity index (χ1n) is 13.3. The number of allylic oxidation sites excluding steroid dienone is 4. The molecule has 4 nitrogen and oxygen atoms in total. The Kier molecular flexibility index (Phi) is 11.6. The first-order valence-corrected chi connectivity index (χ1v) is 13.3. The summed E-state index contributed by atoms with van der Waals surface area (Å²) in [4.78, 5) is 12.3. The van der Waals surface area contributed by atoms with Crippen molar-refractivity contribution in [1.29, 1.82) is 0 Å². The van der Waals surface area contributed by atoms with Gasteiger partial charge in [-0.3, -0.25) is 4.79 Å². The van der Waals surface area contributed by atoms with Crippen LogP contribution >= 0.6 is 0 Å². The average molecular weight is 525 g/mol. The normalized spacial score (nSPS) is 18.0. The first-order chi connectivity index (χ1) is 18.4. The Hall–Kier alpha value is -3.41. The second-order valence-corrected chi connectivity index (χ2v) is 9.56. The maximum absolute atomic E-state index is 14.3. The van der Waals surface area contributed by atoms with E-state index in [9.17, 15) is 13.6 Å². The van der Waals surface area contributed by atoms with Gasteiger partial charge in [-0.05, 0) is 86.8 Å². The molecule has 2 aromatic carbocycles. The topological polar surface area (TPSA) is 44.8 Å². The van der Waals surface area contributed by atoms with Gasteiger partial charge in [-0.2, -0.15) is 8.78 Å². The van der Waals surface area contributed by atoms with Gasteiger partial charge in [0.25, 0.3) is 5.92 Å². The number of rotatable bonds is 14. The molecule has 0 heterocycles. The highest BCUT2D eigenvalue weighted by molar-refractivity contribution is 5.73. The third-order valence-corrected chi connectivity index (χ3v) is 6.61. The molecule has 2 aromatic rings. The number of alkyl halides is 2. The molecule has 0 spiro atoms. The van der Waals surface area contributed by atoms with Crippen LogP contribution in [0.15, 0.2) is 78.9 Å². The number of halogens is 2. The Morgan fingerprint density at radius 2 is 1.89 bits per heavy atom. The van der Waals surface area contributed by atoms with E-state index < -0.39 is 12.5 Å². The first kappa shape index (κ1) is 29.2. The fraction of sp³-hybridized carbons (Fsp3) is 0.406. The van der Waals surface area contributed by atoms with Crippen molar-refractivity contribution in [1.82, 2.24) is 0 Å². The number of carbonyl (C=O) groups excluding carboxylic acids is 1. The number of hydrogen-bond donors (Lipinski definition) is 0. The number of ether oxygens (including phenoxy) is 3. The Bertz CT molecular complexity index is 1090. The quantitative estimate of drug-likeness (QED) is 0.108. The molecule has 0 radical (unpaired) electrons. The highest BCUT2D eigenvalue weighted by Gasteiger charge is 2.29. The van der Waals surface area contributed by atoms with Crippen molar-refractivity contribution in [2.45, 2.75) is 57.8 Å². The zero-order chi connectivity index (χ0) is 27.2. The SMILES string of the molecule is C/C=C/c1ccc(OC(=O)CCC/C=C\C[C@H]2CCCC2/C=C/C(F)(F)COc2ccccc2)c(OC)c1. The monoisotopic (exact) mass is 524 g/mol. The summed E-state index contributed by atoms with van der Waals surface area (Å²) < 4.78 is 44.7. The van der Waals surface area contributed by atoms with E-state index in [2.05, 4.69) is 12.2 Å². The molecular formula is C32H38F2O4. The molecule has 1 saturated carbocycles. The predicted molar refractivity (Wildman–Crippen MR) is 148 cm³/mol. The van der Waals surface area contributed by atoms with Gasteiger partial charge in [0.05, 0.1) is 7.11 Å². The summed E-state index contributed by atoms with van der Waals surface area (Å²) in [6.45, 7) is 1.27. The molecule has 1 unspecified atom stereocenters. The fourth-order valence-electron chi connectivity index (χ4n) is 4.61. The lowest BCUT2D eigenvalue weighted by Gasteiger charge is -2.17. The van der Waals surface area contributed by atoms with Crippen molar-refractivity contribution in [3.8, 4) is 17.2 Å². The number of carbonyl (C=O) groups is 1. The summed E-state index contributed by atoms with van der Waals surface area (Å²) in [5.41, 5.74) is 0.972. The van der Waals surface area contributed by atoms with Gasteiger partial charge >= 0.3 is 5.97 Å². The Morgan fingerprint density at radius 3 is 2.66 bits per heavy atom. The molecule has 1 aliphatic rings. The molecule has 3 rings (SSSR count). The van der Waals surface area contributed by atoms with E-state index in [-0.39, 0.29) is 11.9 Å². The van der Waals surface area contributed by atoms with Gasteiger partial charge in [-0.15, -0.1) is 0 Å². The lowest BCUT2D eigenvalue weighted by molar-refractivity contribution is -0.134. The van der Waals surface area contributed by atoms with E-state index >= 15 is 0 Å². The lowest BCUT2D eigenvalue weighted by Crippen LogP contribution is -2.23. The summed E-state index contributed by atoms with van der Waals surface area (Å²) in [6, 6.07) is 14.1. The molecule has 1 aliphatic carbocycles. The highest BCUT2D eigenvalue weighted by Crippen LogP contribution is 2.36. The van der Waals surface area contributed by atoms with Crippen LogP contribution in [0.3, 0.4) is 0 Å². The molecule has 0 aliphatic heterocycles. The van der Waals surface area contributed by atoms with Gasteiger partial charge in [0, 0.05) is 6.42 Å². The number of unbranched alkanes of at least 4 members (excludes halogenated alkanes) is 1. The minimum absolute atomic E-state index is 0.145. The minimum Gasteiger partial charge on any atom is -0.493 e. The second kappa shape index (κ2) is 15.1. The molecule has 0 amide bonds. The van der Waals surface area contributed by atoms with E-state index in [1.807, 2.05) is 37.3 Å². The molecule has 0 N–H and O–H groups in total. The van der Waals surface area contributed by atoms with Crippen LogP contribution < -0.4 is 14.2 Å². The Balaban J connectivity index is 1.37. The second-order valence-electron chi connectivity index (χ2n) is 9.56. The standard InChI is InChI=1S/C32H38F2O4/c1-3-12-25-19-20-29(30(23-25)36-2)38-31(35)18-10-5-4-7-13-26-14-11-15-27(26)21-22-32(33,34)24-37-28-16-8-6-9-17-28/h3-4,6-9,12,16-17,19-23,26-27H,5,10-11,13-15,18,24H2,1-2H3/b7-4-,12-3+,22-21+/t26-,27?/m0/s1. The van der Waals surface area contributed by atoms with Crippen LogP contribution in [-0.2, 0) is 4.79 Å². The molecule has 38 heavy (non-hydrogen) atoms. The smallest absolute Gasteiger partial charge is 0.311 e. The van der Waals surface area contributed by atoms with E-state index in [4.69, 9.17) is 14.2 Å². The van der Waals surface area contributed by atoms with Crippen molar-refractivity contribution in [3.63, 3.8) is 0 Å². The van der Waals surface area contributed by atoms with Gasteiger partial charge in [-0.1, -0.05) is 61.1 Å². The Labute approximate surface area is 225 Å². The Morgan fingerprint density at radius 1 is 1.08 bits per heavy atom. The summed E-state index contributed by atoms with van der Waals surface area (Å²) in [5, 5.41) is 0. The molecular weight excluding hydrogens is 486 g/mol. The zero-order valence-electron chi connectivity index (χ0n) is 22.3. The third kappa shape index (κ3) is 9.81. The van der Waals surface area contributed by atoms with Crippen molar-refractivity contribution >= 4 is 12.0 Å². The number of para-hydroxylation sites is 1. The van der Waals surface area contributed by atoms with Crippen molar-refractivity contribution < 1.29 is 27.8 Å². The fourth-order valence-corrected chi connectivity index (χ4v) is 4.61. The van der Waals surface area contributed by atoms with Gasteiger partial charge in [-0.25, -0.2) is 0 Å². The molecule has 0 saturated heterocycles. The van der Waals surface area contributed by atoms with Crippen molar-refractivity contribution in [2.24, 2.45) is 11.8 Å². The van der Waals surface area contributed by atoms with E-state index in [1.54, 1.807) is 43.5 Å². The van der Waals surface area contributed by atoms with Gasteiger partial charge in [0.2, 0.25) is 0 Å². The van der Waals surface area contributed by atoms with Crippen LogP contribution in [0.5, 0.6) is 17.2 Å². The summed E-state index contributed by atoms with van der Waals surface area (Å²) in [5.74, 6) is -1.42. The number of benzene rings is 2. The maximum atomic E-state index is 14.3. The maximum Gasteiger partial charge on any atom is 0.311 e. The summed E-state index contributed by atoms with van der Waals surface area (Å²) >= 11 is 0. The molecule has 1 fully saturated rings. The predicted octanol–water partition coefficient (Wildman–Crippen LogP) is 8.44.